The summed E-state index contributed by atoms with van der Waals surface area (Å²) in [6.07, 6.45) is -12.9. The Morgan fingerprint density at radius 2 is 1.12 bits per heavy atom. The quantitative estimate of drug-likeness (QED) is 0.227. The maximum Gasteiger partial charge on any atom is 0.438 e. The fourth-order valence-corrected chi connectivity index (χ4v) is 6.97. The summed E-state index contributed by atoms with van der Waals surface area (Å²) < 4.78 is 121. The maximum atomic E-state index is 14.1. The molecule has 0 aromatic heterocycles. The van der Waals surface area contributed by atoms with Crippen LogP contribution in [0.5, 0.6) is 5.75 Å². The molecule has 3 aliphatic rings. The van der Waals surface area contributed by atoms with Crippen LogP contribution in [0.3, 0.4) is 0 Å². The molecule has 0 radical (unpaired) electrons. The van der Waals surface area contributed by atoms with E-state index in [1.54, 1.807) is 48.5 Å². The topological polar surface area (TPSA) is 101 Å². The molecule has 0 saturated carbocycles. The Bertz CT molecular complexity index is 1520. The van der Waals surface area contributed by atoms with E-state index in [9.17, 15) is 44.7 Å². The lowest BCUT2D eigenvalue weighted by molar-refractivity contribution is -0.362. The van der Waals surface area contributed by atoms with Gasteiger partial charge in [0, 0.05) is 17.8 Å². The van der Waals surface area contributed by atoms with Crippen LogP contribution in [0.15, 0.2) is 72.8 Å². The summed E-state index contributed by atoms with van der Waals surface area (Å²) in [5, 5.41) is 10.7. The minimum Gasteiger partial charge on any atom is -0.508 e. The van der Waals surface area contributed by atoms with Crippen LogP contribution in [0.4, 0.5) is 26.3 Å². The Kier molecular flexibility index (Phi) is 6.45. The zero-order chi connectivity index (χ0) is 29.3. The molecule has 3 aromatic rings. The molecule has 6 rings (SSSR count). The van der Waals surface area contributed by atoms with Crippen molar-refractivity contribution in [3.05, 3.63) is 101 Å². The first kappa shape index (κ1) is 28.0. The average Bonchev–Trinajstić information content (AvgIpc) is 2.86. The summed E-state index contributed by atoms with van der Waals surface area (Å²) in [7, 11) is -5.96. The van der Waals surface area contributed by atoms with Gasteiger partial charge in [0.1, 0.15) is 11.5 Å². The Labute approximate surface area is 224 Å². The molecule has 0 aliphatic heterocycles. The highest BCUT2D eigenvalue weighted by molar-refractivity contribution is 7.85. The third kappa shape index (κ3) is 4.31. The van der Waals surface area contributed by atoms with Crippen molar-refractivity contribution in [1.82, 2.24) is 0 Å². The molecule has 2 bridgehead atoms. The predicted octanol–water partition coefficient (Wildman–Crippen LogP) is 5.68. The molecule has 212 valence electrons. The van der Waals surface area contributed by atoms with E-state index in [2.05, 4.69) is 4.74 Å². The molecule has 6 nitrogen and oxygen atoms in total. The van der Waals surface area contributed by atoms with Gasteiger partial charge < -0.3 is 9.84 Å². The number of halogens is 6. The first-order chi connectivity index (χ1) is 18.6. The first-order valence-electron chi connectivity index (χ1n) is 11.8. The van der Waals surface area contributed by atoms with Crippen molar-refractivity contribution in [3.8, 4) is 5.75 Å². The molecule has 40 heavy (non-hydrogen) atoms. The van der Waals surface area contributed by atoms with Gasteiger partial charge in [-0.25, -0.2) is 0 Å². The van der Waals surface area contributed by atoms with Gasteiger partial charge in [0.25, 0.3) is 10.1 Å². The van der Waals surface area contributed by atoms with Crippen LogP contribution in [0.2, 0.25) is 0 Å². The molecule has 0 fully saturated rings. The second-order valence-electron chi connectivity index (χ2n) is 9.79. The minimum absolute atomic E-state index is 0.0860. The number of alkyl halides is 6. The second-order valence-corrected chi connectivity index (χ2v) is 11.2. The third-order valence-electron chi connectivity index (χ3n) is 7.58. The van der Waals surface area contributed by atoms with Gasteiger partial charge in [0.15, 0.2) is 0 Å². The number of rotatable bonds is 5. The lowest BCUT2D eigenvalue weighted by Gasteiger charge is -2.50. The Hall–Kier alpha value is -3.58. The average molecular weight is 587 g/mol. The summed E-state index contributed by atoms with van der Waals surface area (Å²) in [6.45, 7) is 0. The SMILES string of the molecule is O=C(OC(CS(=O)(=O)O)(C(F)(F)F)C(F)(F)F)C1C2c3ccccc3C(c3ccccc32)C1c1ccccc1O. The number of para-hydroxylation sites is 1. The van der Waals surface area contributed by atoms with Crippen LogP contribution in [0.1, 0.15) is 45.6 Å². The van der Waals surface area contributed by atoms with Crippen LogP contribution in [0, 0.1) is 5.92 Å². The standard InChI is InChI=1S/C27H20F6O6S/c28-26(29,30)25(27(31,32)33,13-40(36,37)38)39-24(35)23-21-16-9-3-1-7-14(16)20(15-8-2-4-10-17(15)21)22(23)18-11-5-6-12-19(18)34/h1-12,20-23,34H,13H2,(H,36,37,38). The van der Waals surface area contributed by atoms with Gasteiger partial charge in [0.05, 0.1) is 5.92 Å². The van der Waals surface area contributed by atoms with E-state index >= 15 is 0 Å². The summed E-state index contributed by atoms with van der Waals surface area (Å²) in [5.74, 6) is -10.1. The minimum atomic E-state index is -6.47. The zero-order valence-corrected chi connectivity index (χ0v) is 21.0. The van der Waals surface area contributed by atoms with Gasteiger partial charge in [-0.2, -0.15) is 34.8 Å². The summed E-state index contributed by atoms with van der Waals surface area (Å²) >= 11 is 0. The van der Waals surface area contributed by atoms with Crippen molar-refractivity contribution in [3.63, 3.8) is 0 Å². The fraction of sp³-hybridized carbons (Fsp3) is 0.296. The highest BCUT2D eigenvalue weighted by Crippen LogP contribution is 2.63. The lowest BCUT2D eigenvalue weighted by atomic mass is 9.52. The number of hydrogen-bond acceptors (Lipinski definition) is 5. The van der Waals surface area contributed by atoms with Crippen LogP contribution < -0.4 is 0 Å². The van der Waals surface area contributed by atoms with E-state index in [-0.39, 0.29) is 11.3 Å². The molecule has 2 atom stereocenters. The Morgan fingerprint density at radius 3 is 1.52 bits per heavy atom. The van der Waals surface area contributed by atoms with Crippen LogP contribution in [-0.2, 0) is 19.6 Å². The number of ether oxygens (including phenoxy) is 1. The predicted molar refractivity (Wildman–Crippen MR) is 128 cm³/mol. The number of aromatic hydroxyl groups is 1. The molecule has 0 spiro atoms. The molecule has 2 N–H and O–H groups in total. The van der Waals surface area contributed by atoms with Crippen LogP contribution >= 0.6 is 0 Å². The van der Waals surface area contributed by atoms with Gasteiger partial charge in [0.2, 0.25) is 0 Å². The van der Waals surface area contributed by atoms with Gasteiger partial charge in [-0.15, -0.1) is 0 Å². The fourth-order valence-electron chi connectivity index (χ4n) is 6.07. The normalized spacial score (nSPS) is 22.4. The Balaban J connectivity index is 1.75. The monoisotopic (exact) mass is 586 g/mol. The molecule has 0 heterocycles. The number of benzene rings is 3. The second kappa shape index (κ2) is 9.23. The summed E-state index contributed by atoms with van der Waals surface area (Å²) in [5.41, 5.74) is -3.19. The van der Waals surface area contributed by atoms with E-state index in [0.717, 1.165) is 0 Å². The largest absolute Gasteiger partial charge is 0.508 e. The van der Waals surface area contributed by atoms with Crippen molar-refractivity contribution in [2.24, 2.45) is 5.92 Å². The van der Waals surface area contributed by atoms with Gasteiger partial charge in [-0.3, -0.25) is 9.35 Å². The number of carbonyl (C=O) groups is 1. The van der Waals surface area contributed by atoms with Crippen molar-refractivity contribution in [2.45, 2.75) is 35.7 Å². The molecule has 0 amide bonds. The smallest absolute Gasteiger partial charge is 0.438 e. The van der Waals surface area contributed by atoms with Crippen LogP contribution in [-0.4, -0.2) is 47.8 Å². The molecule has 13 heteroatoms. The molecular formula is C27H20F6O6S. The number of phenols is 1. The number of phenolic OH excluding ortho intramolecular Hbond substituents is 1. The lowest BCUT2D eigenvalue weighted by Crippen LogP contribution is -2.64. The number of hydrogen-bond donors (Lipinski definition) is 2. The first-order valence-corrected chi connectivity index (χ1v) is 13.5. The van der Waals surface area contributed by atoms with Crippen molar-refractivity contribution < 1.29 is 54.0 Å². The Morgan fingerprint density at radius 1 is 0.725 bits per heavy atom. The third-order valence-corrected chi connectivity index (χ3v) is 8.35. The van der Waals surface area contributed by atoms with Crippen molar-refractivity contribution >= 4 is 16.1 Å². The van der Waals surface area contributed by atoms with E-state index in [1.165, 1.54) is 24.3 Å². The maximum absolute atomic E-state index is 14.1. The van der Waals surface area contributed by atoms with Gasteiger partial charge in [-0.1, -0.05) is 66.7 Å². The molecule has 3 aliphatic carbocycles. The van der Waals surface area contributed by atoms with E-state index < -0.39 is 63.5 Å². The molecule has 3 aromatic carbocycles. The van der Waals surface area contributed by atoms with Gasteiger partial charge >= 0.3 is 23.9 Å². The van der Waals surface area contributed by atoms with E-state index in [1.807, 2.05) is 0 Å². The van der Waals surface area contributed by atoms with Crippen LogP contribution in [0.25, 0.3) is 0 Å². The summed E-state index contributed by atoms with van der Waals surface area (Å²) in [6, 6.07) is 18.9. The van der Waals surface area contributed by atoms with Gasteiger partial charge in [-0.05, 0) is 33.9 Å². The molecule has 2 unspecified atom stereocenters. The highest BCUT2D eigenvalue weighted by atomic mass is 32.2. The van der Waals surface area contributed by atoms with Crippen molar-refractivity contribution in [2.75, 3.05) is 5.75 Å². The highest BCUT2D eigenvalue weighted by Gasteiger charge is 2.76. The molecule has 0 saturated heterocycles. The van der Waals surface area contributed by atoms with Crippen molar-refractivity contribution in [1.29, 1.82) is 0 Å². The summed E-state index contributed by atoms with van der Waals surface area (Å²) in [4.78, 5) is 13.7. The van der Waals surface area contributed by atoms with E-state index in [4.69, 9.17) is 4.55 Å². The zero-order valence-electron chi connectivity index (χ0n) is 20.1. The molecular weight excluding hydrogens is 566 g/mol. The number of esters is 1. The number of fused-ring (bicyclic) bond motifs is 1. The van der Waals surface area contributed by atoms with E-state index in [0.29, 0.717) is 22.3 Å². The number of carbonyl (C=O) groups excluding carboxylic acids is 1.